The van der Waals surface area contributed by atoms with Crippen LogP contribution in [0.1, 0.15) is 111 Å². The van der Waals surface area contributed by atoms with Gasteiger partial charge in [-0.25, -0.2) is 14.4 Å². The lowest BCUT2D eigenvalue weighted by molar-refractivity contribution is -0.134. The Morgan fingerprint density at radius 3 is 0.901 bits per heavy atom. The van der Waals surface area contributed by atoms with Gasteiger partial charge in [0, 0.05) is 76.0 Å². The molecule has 1 amide bonds. The van der Waals surface area contributed by atoms with E-state index in [2.05, 4.69) is 0 Å². The van der Waals surface area contributed by atoms with Crippen molar-refractivity contribution in [3.05, 3.63) is 284 Å². The van der Waals surface area contributed by atoms with Crippen LogP contribution < -0.4 is 14.2 Å². The Morgan fingerprint density at radius 1 is 0.358 bits per heavy atom. The number of benzene rings is 9. The second-order valence-electron chi connectivity index (χ2n) is 22.1. The SMILES string of the molecule is O=C1CC2CN(C(=O)C(c3cccc4c3C(=O)OC43c4ccccc4Oc4ccccc43)(c3cccc4c3C(=O)OC43c4ccccc4Oc4ccccc43)c3cccc4c3C(=O)OC43c4ccccc4Oc4ccccc43)CC2C1. The molecule has 0 radical (unpaired) electrons. The highest BCUT2D eigenvalue weighted by Crippen LogP contribution is 2.64. The fourth-order valence-electron chi connectivity index (χ4n) is 15.2. The molecule has 1 aliphatic carbocycles. The monoisotopic (exact) mass is 1060 g/mol. The number of rotatable bonds is 4. The van der Waals surface area contributed by atoms with Gasteiger partial charge in [-0.2, -0.15) is 0 Å². The Bertz CT molecular complexity index is 3830. The molecule has 2 atom stereocenters. The summed E-state index contributed by atoms with van der Waals surface area (Å²) >= 11 is 0. The molecule has 7 heterocycles. The van der Waals surface area contributed by atoms with E-state index in [9.17, 15) is 4.79 Å². The van der Waals surface area contributed by atoms with E-state index in [1.54, 1.807) is 41.3 Å². The summed E-state index contributed by atoms with van der Waals surface area (Å²) in [4.78, 5) is 80.7. The van der Waals surface area contributed by atoms with Crippen molar-refractivity contribution in [3.63, 3.8) is 0 Å². The van der Waals surface area contributed by atoms with Gasteiger partial charge in [0.1, 0.15) is 45.7 Å². The van der Waals surface area contributed by atoms with E-state index in [-0.39, 0.29) is 64.1 Å². The molecular weight excluding hydrogens is 1020 g/mol. The molecule has 1 saturated heterocycles. The van der Waals surface area contributed by atoms with Crippen molar-refractivity contribution in [2.75, 3.05) is 13.1 Å². The number of ketones is 1. The Morgan fingerprint density at radius 2 is 0.617 bits per heavy atom. The molecule has 2 fully saturated rings. The van der Waals surface area contributed by atoms with Crippen molar-refractivity contribution in [2.45, 2.75) is 35.1 Å². The predicted molar refractivity (Wildman–Crippen MR) is 292 cm³/mol. The summed E-state index contributed by atoms with van der Waals surface area (Å²) in [6.45, 7) is 0.392. The Balaban J connectivity index is 1.03. The number of ether oxygens (including phenoxy) is 6. The summed E-state index contributed by atoms with van der Waals surface area (Å²) in [5.74, 6) is -0.103. The molecule has 12 heteroatoms. The van der Waals surface area contributed by atoms with E-state index in [1.165, 1.54) is 0 Å². The van der Waals surface area contributed by atoms with Gasteiger partial charge in [0.2, 0.25) is 5.91 Å². The number of fused-ring (bicyclic) bond motifs is 19. The van der Waals surface area contributed by atoms with Gasteiger partial charge >= 0.3 is 17.9 Å². The first kappa shape index (κ1) is 45.9. The number of nitrogens with zero attached hydrogens (tertiary/aromatic N) is 1. The van der Waals surface area contributed by atoms with Crippen LogP contribution >= 0.6 is 0 Å². The van der Waals surface area contributed by atoms with Crippen molar-refractivity contribution >= 4 is 29.6 Å². The van der Waals surface area contributed by atoms with Crippen molar-refractivity contribution in [3.8, 4) is 34.5 Å². The highest BCUT2D eigenvalue weighted by molar-refractivity contribution is 6.11. The largest absolute Gasteiger partial charge is 0.456 e. The van der Waals surface area contributed by atoms with E-state index in [0.717, 1.165) is 0 Å². The van der Waals surface area contributed by atoms with Gasteiger partial charge in [-0.3, -0.25) is 9.59 Å². The summed E-state index contributed by atoms with van der Waals surface area (Å²) in [5.41, 5.74) is -1.76. The van der Waals surface area contributed by atoms with E-state index < -0.39 is 46.0 Å². The fourth-order valence-corrected chi connectivity index (χ4v) is 15.2. The minimum atomic E-state index is -2.29. The third-order valence-corrected chi connectivity index (χ3v) is 18.3. The zero-order chi connectivity index (χ0) is 54.1. The number of amides is 1. The average Bonchev–Trinajstić information content (AvgIpc) is 2.52. The molecule has 9 aromatic carbocycles. The minimum Gasteiger partial charge on any atom is -0.456 e. The molecule has 390 valence electrons. The zero-order valence-corrected chi connectivity index (χ0v) is 43.0. The van der Waals surface area contributed by atoms with Crippen LogP contribution in [-0.2, 0) is 46.0 Å². The number of likely N-dealkylation sites (tertiary alicyclic amines) is 1. The summed E-state index contributed by atoms with van der Waals surface area (Å²) in [7, 11) is 0. The van der Waals surface area contributed by atoms with Crippen molar-refractivity contribution in [1.82, 2.24) is 4.90 Å². The van der Waals surface area contributed by atoms with E-state index in [1.807, 2.05) is 164 Å². The number of hydrogen-bond acceptors (Lipinski definition) is 11. The van der Waals surface area contributed by atoms with Gasteiger partial charge in [-0.05, 0) is 64.9 Å². The maximum atomic E-state index is 17.7. The van der Waals surface area contributed by atoms with E-state index in [0.29, 0.717) is 97.4 Å². The Hall–Kier alpha value is -10.1. The summed E-state index contributed by atoms with van der Waals surface area (Å²) < 4.78 is 40.5. The minimum absolute atomic E-state index is 0.0628. The molecule has 17 rings (SSSR count). The number of carbonyl (C=O) groups is 5. The van der Waals surface area contributed by atoms with Gasteiger partial charge in [0.15, 0.2) is 16.8 Å². The summed E-state index contributed by atoms with van der Waals surface area (Å²) in [5, 5.41) is 0. The maximum Gasteiger partial charge on any atom is 0.340 e. The molecule has 7 aliphatic heterocycles. The van der Waals surface area contributed by atoms with Crippen molar-refractivity contribution < 1.29 is 52.4 Å². The predicted octanol–water partition coefficient (Wildman–Crippen LogP) is 12.2. The first-order chi connectivity index (χ1) is 39.7. The lowest BCUT2D eigenvalue weighted by Gasteiger charge is -2.41. The number of carbonyl (C=O) groups excluding carboxylic acids is 5. The molecule has 12 nitrogen and oxygen atoms in total. The summed E-state index contributed by atoms with van der Waals surface area (Å²) in [6.07, 6.45) is 0.593. The second kappa shape index (κ2) is 16.0. The molecule has 3 spiro atoms. The number of para-hydroxylation sites is 6. The van der Waals surface area contributed by atoms with Crippen molar-refractivity contribution in [2.24, 2.45) is 11.8 Å². The lowest BCUT2D eigenvalue weighted by atomic mass is 9.62. The van der Waals surface area contributed by atoms with Gasteiger partial charge in [-0.1, -0.05) is 164 Å². The third kappa shape index (κ3) is 5.65. The van der Waals surface area contributed by atoms with Crippen LogP contribution in [0.15, 0.2) is 200 Å². The van der Waals surface area contributed by atoms with E-state index in [4.69, 9.17) is 28.4 Å². The standard InChI is InChI=1S/C69H43NO11/c71-40-34-38-36-70(37-39(38)35-40)65(75)66(47-22-13-25-50-59(47)62(72)79-67(50)41-16-1-7-28-53(41)76-54-29-8-2-17-42(54)67,48-23-14-26-51-60(48)63(73)80-68(51)43-18-3-9-30-55(43)77-56-31-10-4-19-44(56)68)49-24-15-27-52-61(49)64(74)81-69(52)45-20-5-11-32-57(45)78-58-33-12-6-21-46(58)69/h1-33,38-39H,34-37H2. The van der Waals surface area contributed by atoms with Crippen molar-refractivity contribution in [1.29, 1.82) is 0 Å². The average molecular weight is 1060 g/mol. The first-order valence-corrected chi connectivity index (χ1v) is 27.2. The van der Waals surface area contributed by atoms with Gasteiger partial charge in [0.05, 0.1) is 16.7 Å². The number of hydrogen-bond donors (Lipinski definition) is 0. The van der Waals surface area contributed by atoms with Crippen LogP contribution in [-0.4, -0.2) is 47.6 Å². The molecule has 81 heavy (non-hydrogen) atoms. The molecule has 2 unspecified atom stereocenters. The van der Waals surface area contributed by atoms with Crippen LogP contribution in [0.25, 0.3) is 0 Å². The third-order valence-electron chi connectivity index (χ3n) is 18.3. The molecule has 0 aromatic heterocycles. The molecule has 0 N–H and O–H groups in total. The Labute approximate surface area is 463 Å². The zero-order valence-electron chi connectivity index (χ0n) is 43.0. The lowest BCUT2D eigenvalue weighted by Crippen LogP contribution is -2.50. The number of Topliss-reactive ketones (excluding diaryl/α,β-unsaturated/α-hetero) is 1. The molecule has 1 saturated carbocycles. The second-order valence-corrected chi connectivity index (χ2v) is 22.1. The molecule has 9 aromatic rings. The first-order valence-electron chi connectivity index (χ1n) is 27.2. The van der Waals surface area contributed by atoms with Gasteiger partial charge < -0.3 is 33.3 Å². The van der Waals surface area contributed by atoms with Crippen LogP contribution in [0.2, 0.25) is 0 Å². The van der Waals surface area contributed by atoms with Crippen LogP contribution in [0.5, 0.6) is 34.5 Å². The van der Waals surface area contributed by atoms with Gasteiger partial charge in [0.25, 0.3) is 0 Å². The molecular formula is C69H43NO11. The fraction of sp³-hybridized carbons (Fsp3) is 0.145. The van der Waals surface area contributed by atoms with Gasteiger partial charge in [-0.15, -0.1) is 0 Å². The van der Waals surface area contributed by atoms with Crippen LogP contribution in [0.3, 0.4) is 0 Å². The maximum absolute atomic E-state index is 17.7. The Kier molecular flexibility index (Phi) is 9.09. The summed E-state index contributed by atoms with van der Waals surface area (Å²) in [6, 6.07) is 60.6. The van der Waals surface area contributed by atoms with E-state index >= 15 is 19.2 Å². The molecule has 0 bridgehead atoms. The quantitative estimate of drug-likeness (QED) is 0.0943. The smallest absolute Gasteiger partial charge is 0.340 e. The topological polar surface area (TPSA) is 144 Å². The highest BCUT2D eigenvalue weighted by atomic mass is 16.6. The normalized spacial score (nSPS) is 19.7. The highest BCUT2D eigenvalue weighted by Gasteiger charge is 2.64. The number of esters is 3. The van der Waals surface area contributed by atoms with Crippen LogP contribution in [0.4, 0.5) is 0 Å². The van der Waals surface area contributed by atoms with Crippen LogP contribution in [0, 0.1) is 11.8 Å². The molecule has 8 aliphatic rings.